The summed E-state index contributed by atoms with van der Waals surface area (Å²) in [5, 5.41) is 21.3. The van der Waals surface area contributed by atoms with Crippen molar-refractivity contribution in [3.8, 4) is 0 Å². The van der Waals surface area contributed by atoms with Crippen molar-refractivity contribution in [1.29, 1.82) is 0 Å². The molecule has 5 rings (SSSR count). The first-order valence-electron chi connectivity index (χ1n) is 13.8. The third-order valence-electron chi connectivity index (χ3n) is 6.19. The zero-order valence-electron chi connectivity index (χ0n) is 23.9. The smallest absolute Gasteiger partial charge is 0.255 e. The molecule has 1 aromatic carbocycles. The number of nitrogens with zero attached hydrogens (tertiary/aromatic N) is 9. The highest BCUT2D eigenvalue weighted by Crippen LogP contribution is 2.24. The molecule has 4 heterocycles. The van der Waals surface area contributed by atoms with Crippen LogP contribution >= 0.6 is 12.0 Å². The van der Waals surface area contributed by atoms with E-state index in [0.717, 1.165) is 12.0 Å². The Kier molecular flexibility index (Phi) is 12.3. The molecule has 242 valence electrons. The Balaban J connectivity index is 1.34. The molecular formula is C24H32N12O7S2. The van der Waals surface area contributed by atoms with Crippen molar-refractivity contribution in [1.82, 2.24) is 29.9 Å². The van der Waals surface area contributed by atoms with Gasteiger partial charge >= 0.3 is 0 Å². The van der Waals surface area contributed by atoms with E-state index in [2.05, 4.69) is 60.2 Å². The van der Waals surface area contributed by atoms with Crippen LogP contribution in [0.1, 0.15) is 0 Å². The molecule has 2 aliphatic rings. The fourth-order valence-corrected chi connectivity index (χ4v) is 4.67. The van der Waals surface area contributed by atoms with Gasteiger partial charge in [0.05, 0.1) is 37.9 Å². The molecule has 1 atom stereocenters. The van der Waals surface area contributed by atoms with Gasteiger partial charge in [0.15, 0.2) is 11.1 Å². The minimum absolute atomic E-state index is 0.0262. The van der Waals surface area contributed by atoms with Crippen LogP contribution < -0.4 is 25.8 Å². The lowest BCUT2D eigenvalue weighted by Gasteiger charge is -2.27. The minimum atomic E-state index is -1.95. The van der Waals surface area contributed by atoms with E-state index in [1.807, 2.05) is 34.1 Å². The fourth-order valence-electron chi connectivity index (χ4n) is 4.16. The predicted octanol–water partition coefficient (Wildman–Crippen LogP) is 1.62. The molecule has 2 fully saturated rings. The first-order chi connectivity index (χ1) is 22.1. The van der Waals surface area contributed by atoms with Gasteiger partial charge in [0.25, 0.3) is 5.95 Å². The molecule has 0 aliphatic carbocycles. The van der Waals surface area contributed by atoms with Crippen LogP contribution in [-0.4, -0.2) is 121 Å². The van der Waals surface area contributed by atoms with Crippen LogP contribution in [0.4, 0.5) is 47.1 Å². The summed E-state index contributed by atoms with van der Waals surface area (Å²) in [6.07, 6.45) is 1.52. The van der Waals surface area contributed by atoms with Gasteiger partial charge in [-0.2, -0.15) is 29.9 Å². The normalized spacial score (nSPS) is 16.1. The van der Waals surface area contributed by atoms with Crippen molar-refractivity contribution in [3.05, 3.63) is 24.3 Å². The van der Waals surface area contributed by atoms with Crippen LogP contribution in [0.15, 0.2) is 29.3 Å². The molecule has 0 spiro atoms. The third-order valence-corrected chi connectivity index (χ3v) is 7.18. The Morgan fingerprint density at radius 1 is 0.911 bits per heavy atom. The number of hydrogen-bond acceptors (Lipinski definition) is 19. The summed E-state index contributed by atoms with van der Waals surface area (Å²) in [7, 11) is 0. The average Bonchev–Trinajstić information content (AvgIpc) is 3.05. The Hall–Kier alpha value is -3.83. The lowest BCUT2D eigenvalue weighted by molar-refractivity contribution is -0.432. The van der Waals surface area contributed by atoms with Crippen LogP contribution in [-0.2, 0) is 29.9 Å². The molecule has 2 aromatic heterocycles. The van der Waals surface area contributed by atoms with Gasteiger partial charge in [-0.05, 0) is 18.2 Å². The summed E-state index contributed by atoms with van der Waals surface area (Å²) in [5.74, 6) is 2.23. The molecule has 1 unspecified atom stereocenters. The molecule has 0 saturated carbocycles. The Morgan fingerprint density at radius 3 is 2.13 bits per heavy atom. The lowest BCUT2D eigenvalue weighted by Crippen LogP contribution is -2.37. The zero-order valence-corrected chi connectivity index (χ0v) is 25.6. The summed E-state index contributed by atoms with van der Waals surface area (Å²) < 4.78 is 35.5. The Bertz CT molecular complexity index is 1450. The Labute approximate surface area is 264 Å². The van der Waals surface area contributed by atoms with Crippen molar-refractivity contribution in [3.63, 3.8) is 0 Å². The van der Waals surface area contributed by atoms with E-state index in [1.54, 1.807) is 0 Å². The summed E-state index contributed by atoms with van der Waals surface area (Å²) in [6.45, 7) is 4.91. The minimum Gasteiger partial charge on any atom is -0.378 e. The summed E-state index contributed by atoms with van der Waals surface area (Å²) in [5.41, 5.74) is 1.34. The SMILES string of the molecule is O=S(O)CCNc1nc(Nc2cccc(Nc3nc(N=CCSOOO)nc(N4CCOCC4)n3)c2)nc(N2CCOCC2)n1. The molecule has 0 radical (unpaired) electrons. The van der Waals surface area contributed by atoms with Gasteiger partial charge in [-0.15, -0.1) is 4.33 Å². The van der Waals surface area contributed by atoms with Gasteiger partial charge in [0.2, 0.25) is 29.7 Å². The Morgan fingerprint density at radius 2 is 1.51 bits per heavy atom. The van der Waals surface area contributed by atoms with Crippen LogP contribution in [0.5, 0.6) is 0 Å². The lowest BCUT2D eigenvalue weighted by atomic mass is 10.3. The topological polar surface area (TPSA) is 227 Å². The van der Waals surface area contributed by atoms with Gasteiger partial charge < -0.3 is 39.8 Å². The van der Waals surface area contributed by atoms with E-state index < -0.39 is 11.1 Å². The van der Waals surface area contributed by atoms with E-state index in [9.17, 15) is 4.21 Å². The monoisotopic (exact) mass is 664 g/mol. The van der Waals surface area contributed by atoms with E-state index in [1.165, 1.54) is 6.21 Å². The molecule has 0 bridgehead atoms. The van der Waals surface area contributed by atoms with E-state index in [4.69, 9.17) is 19.3 Å². The molecule has 2 aliphatic heterocycles. The fraction of sp³-hybridized carbons (Fsp3) is 0.458. The van der Waals surface area contributed by atoms with Gasteiger partial charge in [0.1, 0.15) is 0 Å². The summed E-state index contributed by atoms with van der Waals surface area (Å²) >= 11 is -1.11. The highest BCUT2D eigenvalue weighted by atomic mass is 32.2. The van der Waals surface area contributed by atoms with Gasteiger partial charge in [0, 0.05) is 62.4 Å². The number of hydrogen-bond donors (Lipinski definition) is 5. The van der Waals surface area contributed by atoms with Crippen molar-refractivity contribution in [2.24, 2.45) is 4.99 Å². The number of rotatable bonds is 15. The number of anilines is 7. The van der Waals surface area contributed by atoms with Gasteiger partial charge in [-0.1, -0.05) is 11.1 Å². The number of nitrogens with one attached hydrogen (secondary N) is 3. The molecule has 3 aromatic rings. The van der Waals surface area contributed by atoms with Crippen molar-refractivity contribution in [2.45, 2.75) is 0 Å². The molecule has 0 amide bonds. The van der Waals surface area contributed by atoms with Crippen LogP contribution in [0.3, 0.4) is 0 Å². The number of benzene rings is 1. The molecular weight excluding hydrogens is 632 g/mol. The van der Waals surface area contributed by atoms with Crippen LogP contribution in [0.25, 0.3) is 0 Å². The van der Waals surface area contributed by atoms with Crippen LogP contribution in [0.2, 0.25) is 0 Å². The number of ether oxygens (including phenoxy) is 2. The van der Waals surface area contributed by atoms with E-state index in [0.29, 0.717) is 75.9 Å². The molecule has 19 nitrogen and oxygen atoms in total. The zero-order chi connectivity index (χ0) is 31.3. The second-order valence-electron chi connectivity index (χ2n) is 9.26. The first kappa shape index (κ1) is 32.6. The summed E-state index contributed by atoms with van der Waals surface area (Å²) in [4.78, 5) is 35.3. The second-order valence-corrected chi connectivity index (χ2v) is 11.0. The van der Waals surface area contributed by atoms with Crippen molar-refractivity contribution < 1.29 is 32.9 Å². The highest BCUT2D eigenvalue weighted by Gasteiger charge is 2.18. The maximum Gasteiger partial charge on any atom is 0.255 e. The van der Waals surface area contributed by atoms with Gasteiger partial charge in [-0.25, -0.2) is 14.5 Å². The first-order valence-corrected chi connectivity index (χ1v) is 16.0. The largest absolute Gasteiger partial charge is 0.378 e. The quantitative estimate of drug-likeness (QED) is 0.0388. The van der Waals surface area contributed by atoms with Crippen molar-refractivity contribution >= 4 is 76.4 Å². The highest BCUT2D eigenvalue weighted by molar-refractivity contribution is 7.95. The molecule has 2 saturated heterocycles. The van der Waals surface area contributed by atoms with Gasteiger partial charge in [-0.3, -0.25) is 0 Å². The predicted molar refractivity (Wildman–Crippen MR) is 168 cm³/mol. The van der Waals surface area contributed by atoms with Crippen LogP contribution in [0, 0.1) is 0 Å². The maximum atomic E-state index is 11.1. The number of aliphatic imine (C=N–C) groups is 1. The summed E-state index contributed by atoms with van der Waals surface area (Å²) in [6, 6.07) is 7.38. The van der Waals surface area contributed by atoms with Crippen molar-refractivity contribution in [2.75, 3.05) is 96.4 Å². The molecule has 5 N–H and O–H groups in total. The van der Waals surface area contributed by atoms with E-state index >= 15 is 0 Å². The average molecular weight is 665 g/mol. The standard InChI is InChI=1S/C24H32N12O7S2/c37-42-43-44-14-4-25-19-29-21(33-23(31-19)35-6-10-40-11-7-35)27-17-2-1-3-18(16-17)28-22-30-20(26-5-15-45(38)39)32-24(34-22)36-8-12-41-13-9-36/h1-4,16,37H,5-15H2,(H,38,39)(H,27,29,31,33)(H2,26,28,30,32,34). The molecule has 45 heavy (non-hydrogen) atoms. The third kappa shape index (κ3) is 10.4. The number of aromatic nitrogens is 6. The molecule has 21 heteroatoms. The van der Waals surface area contributed by atoms with E-state index in [-0.39, 0.29) is 41.8 Å². The maximum absolute atomic E-state index is 11.1. The number of morpholine rings is 2. The second kappa shape index (κ2) is 17.0.